The number of aliphatic carboxylic acids is 1. The van der Waals surface area contributed by atoms with Crippen LogP contribution in [-0.4, -0.2) is 40.0 Å². The fourth-order valence-corrected chi connectivity index (χ4v) is 1.59. The predicted octanol–water partition coefficient (Wildman–Crippen LogP) is 0.147. The zero-order valence-corrected chi connectivity index (χ0v) is 10.4. The smallest absolute Gasteiger partial charge is 0.307 e. The molecule has 0 aliphatic heterocycles. The van der Waals surface area contributed by atoms with Crippen molar-refractivity contribution in [1.29, 1.82) is 0 Å². The number of carboxylic acid groups (broad SMARTS) is 1. The molecule has 1 aromatic rings. The van der Waals surface area contributed by atoms with Gasteiger partial charge < -0.3 is 20.6 Å². The quantitative estimate of drug-likeness (QED) is 0.555. The van der Waals surface area contributed by atoms with Crippen molar-refractivity contribution in [2.45, 2.75) is 25.5 Å². The van der Waals surface area contributed by atoms with Gasteiger partial charge in [0.2, 0.25) is 0 Å². The highest BCUT2D eigenvalue weighted by Gasteiger charge is 2.18. The standard InChI is InChI=1S/C13H19NO4/c1-13(18,9-15)8-14-7-11-5-3-2-4-10(11)6-12(16)17/h2-5,14-15,18H,6-9H2,1H3,(H,16,17). The number of carboxylic acids is 1. The number of hydrogen-bond acceptors (Lipinski definition) is 4. The normalized spacial score (nSPS) is 14.2. The summed E-state index contributed by atoms with van der Waals surface area (Å²) in [6.07, 6.45) is -0.0196. The zero-order valence-electron chi connectivity index (χ0n) is 10.4. The molecule has 1 aromatic carbocycles. The van der Waals surface area contributed by atoms with Crippen LogP contribution in [0.2, 0.25) is 0 Å². The van der Waals surface area contributed by atoms with E-state index in [2.05, 4.69) is 5.32 Å². The third kappa shape index (κ3) is 4.83. The zero-order chi connectivity index (χ0) is 13.6. The van der Waals surface area contributed by atoms with Crippen molar-refractivity contribution in [2.75, 3.05) is 13.2 Å². The molecule has 1 unspecified atom stereocenters. The molecule has 0 radical (unpaired) electrons. The molecule has 100 valence electrons. The van der Waals surface area contributed by atoms with Crippen molar-refractivity contribution in [2.24, 2.45) is 0 Å². The second-order valence-electron chi connectivity index (χ2n) is 4.60. The van der Waals surface area contributed by atoms with Gasteiger partial charge in [-0.3, -0.25) is 4.79 Å². The highest BCUT2D eigenvalue weighted by Crippen LogP contribution is 2.10. The lowest BCUT2D eigenvalue weighted by molar-refractivity contribution is -0.136. The molecule has 0 fully saturated rings. The van der Waals surface area contributed by atoms with E-state index in [1.165, 1.54) is 6.92 Å². The van der Waals surface area contributed by atoms with E-state index < -0.39 is 11.6 Å². The summed E-state index contributed by atoms with van der Waals surface area (Å²) in [7, 11) is 0. The number of aliphatic hydroxyl groups is 2. The number of benzene rings is 1. The first kappa shape index (κ1) is 14.6. The van der Waals surface area contributed by atoms with Crippen LogP contribution in [0.5, 0.6) is 0 Å². The minimum Gasteiger partial charge on any atom is -0.481 e. The van der Waals surface area contributed by atoms with E-state index in [1.54, 1.807) is 12.1 Å². The summed E-state index contributed by atoms with van der Waals surface area (Å²) in [5, 5.41) is 30.3. The maximum atomic E-state index is 10.7. The number of hydrogen-bond donors (Lipinski definition) is 4. The SMILES string of the molecule is CC(O)(CO)CNCc1ccccc1CC(=O)O. The Hall–Kier alpha value is -1.43. The van der Waals surface area contributed by atoms with Gasteiger partial charge in [-0.25, -0.2) is 0 Å². The summed E-state index contributed by atoms with van der Waals surface area (Å²) in [6.45, 7) is 1.91. The Kier molecular flexibility index (Phi) is 5.27. The van der Waals surface area contributed by atoms with Crippen LogP contribution >= 0.6 is 0 Å². The third-order valence-electron chi connectivity index (χ3n) is 2.62. The molecule has 4 N–H and O–H groups in total. The summed E-state index contributed by atoms with van der Waals surface area (Å²) in [5.74, 6) is -0.871. The van der Waals surface area contributed by atoms with E-state index in [4.69, 9.17) is 10.2 Å². The first-order valence-electron chi connectivity index (χ1n) is 5.77. The van der Waals surface area contributed by atoms with Crippen molar-refractivity contribution in [1.82, 2.24) is 5.32 Å². The van der Waals surface area contributed by atoms with Crippen LogP contribution in [0.25, 0.3) is 0 Å². The minimum atomic E-state index is -1.16. The van der Waals surface area contributed by atoms with Crippen LogP contribution < -0.4 is 5.32 Å². The predicted molar refractivity (Wildman–Crippen MR) is 67.2 cm³/mol. The summed E-state index contributed by atoms with van der Waals surface area (Å²) < 4.78 is 0. The lowest BCUT2D eigenvalue weighted by Crippen LogP contribution is -2.40. The van der Waals surface area contributed by atoms with E-state index in [9.17, 15) is 9.90 Å². The molecule has 18 heavy (non-hydrogen) atoms. The van der Waals surface area contributed by atoms with Gasteiger partial charge in [-0.1, -0.05) is 24.3 Å². The molecule has 0 amide bonds. The fourth-order valence-electron chi connectivity index (χ4n) is 1.59. The summed E-state index contributed by atoms with van der Waals surface area (Å²) in [4.78, 5) is 10.7. The molecule has 0 bridgehead atoms. The maximum absolute atomic E-state index is 10.7. The Morgan fingerprint density at radius 1 is 1.33 bits per heavy atom. The second kappa shape index (κ2) is 6.49. The molecule has 0 saturated heterocycles. The van der Waals surface area contributed by atoms with Crippen LogP contribution in [0, 0.1) is 0 Å². The molecular weight excluding hydrogens is 234 g/mol. The summed E-state index contributed by atoms with van der Waals surface area (Å²) in [5.41, 5.74) is 0.469. The van der Waals surface area contributed by atoms with E-state index in [0.29, 0.717) is 6.54 Å². The molecule has 0 heterocycles. The molecule has 1 rings (SSSR count). The van der Waals surface area contributed by atoms with Crippen LogP contribution in [0.4, 0.5) is 0 Å². The Bertz CT molecular complexity index is 404. The van der Waals surface area contributed by atoms with Gasteiger partial charge in [-0.05, 0) is 18.1 Å². The molecule has 5 nitrogen and oxygen atoms in total. The Morgan fingerprint density at radius 3 is 2.50 bits per heavy atom. The average Bonchev–Trinajstić information content (AvgIpc) is 2.30. The van der Waals surface area contributed by atoms with Crippen molar-refractivity contribution in [3.8, 4) is 0 Å². The summed E-state index contributed by atoms with van der Waals surface area (Å²) >= 11 is 0. The van der Waals surface area contributed by atoms with Gasteiger partial charge in [0, 0.05) is 13.1 Å². The van der Waals surface area contributed by atoms with Gasteiger partial charge in [-0.15, -0.1) is 0 Å². The molecule has 0 spiro atoms. The fraction of sp³-hybridized carbons (Fsp3) is 0.462. The molecular formula is C13H19NO4. The van der Waals surface area contributed by atoms with E-state index in [-0.39, 0.29) is 19.6 Å². The molecule has 0 saturated carbocycles. The Labute approximate surface area is 106 Å². The van der Waals surface area contributed by atoms with Gasteiger partial charge in [0.05, 0.1) is 18.6 Å². The topological polar surface area (TPSA) is 89.8 Å². The van der Waals surface area contributed by atoms with Crippen molar-refractivity contribution >= 4 is 5.97 Å². The molecule has 0 aliphatic carbocycles. The van der Waals surface area contributed by atoms with Crippen molar-refractivity contribution in [3.05, 3.63) is 35.4 Å². The number of aliphatic hydroxyl groups excluding tert-OH is 1. The third-order valence-corrected chi connectivity index (χ3v) is 2.62. The minimum absolute atomic E-state index is 0.0196. The first-order valence-corrected chi connectivity index (χ1v) is 5.77. The lowest BCUT2D eigenvalue weighted by atomic mass is 10.0. The first-order chi connectivity index (χ1) is 8.44. The summed E-state index contributed by atoms with van der Waals surface area (Å²) in [6, 6.07) is 7.26. The average molecular weight is 253 g/mol. The molecule has 1 atom stereocenters. The monoisotopic (exact) mass is 253 g/mol. The number of rotatable bonds is 7. The van der Waals surface area contributed by atoms with Gasteiger partial charge in [0.1, 0.15) is 0 Å². The van der Waals surface area contributed by atoms with Gasteiger partial charge in [0.15, 0.2) is 0 Å². The lowest BCUT2D eigenvalue weighted by Gasteiger charge is -2.21. The van der Waals surface area contributed by atoms with E-state index >= 15 is 0 Å². The molecule has 5 heteroatoms. The van der Waals surface area contributed by atoms with Crippen molar-refractivity contribution < 1.29 is 20.1 Å². The second-order valence-corrected chi connectivity index (χ2v) is 4.60. The van der Waals surface area contributed by atoms with E-state index in [1.807, 2.05) is 12.1 Å². The highest BCUT2D eigenvalue weighted by molar-refractivity contribution is 5.70. The van der Waals surface area contributed by atoms with Crippen molar-refractivity contribution in [3.63, 3.8) is 0 Å². The van der Waals surface area contributed by atoms with Crippen LogP contribution in [0.3, 0.4) is 0 Å². The van der Waals surface area contributed by atoms with Gasteiger partial charge in [0.25, 0.3) is 0 Å². The van der Waals surface area contributed by atoms with Gasteiger partial charge >= 0.3 is 5.97 Å². The molecule has 0 aliphatic rings. The van der Waals surface area contributed by atoms with E-state index in [0.717, 1.165) is 11.1 Å². The molecule has 0 aromatic heterocycles. The number of nitrogens with one attached hydrogen (secondary N) is 1. The largest absolute Gasteiger partial charge is 0.481 e. The Balaban J connectivity index is 2.59. The van der Waals surface area contributed by atoms with Crippen LogP contribution in [0.15, 0.2) is 24.3 Å². The van der Waals surface area contributed by atoms with Crippen LogP contribution in [0.1, 0.15) is 18.1 Å². The van der Waals surface area contributed by atoms with Crippen LogP contribution in [-0.2, 0) is 17.8 Å². The van der Waals surface area contributed by atoms with Gasteiger partial charge in [-0.2, -0.15) is 0 Å². The highest BCUT2D eigenvalue weighted by atomic mass is 16.4. The Morgan fingerprint density at radius 2 is 1.94 bits per heavy atom. The maximum Gasteiger partial charge on any atom is 0.307 e. The number of carbonyl (C=O) groups is 1.